The Balaban J connectivity index is 1.41. The quantitative estimate of drug-likeness (QED) is 0.685. The van der Waals surface area contributed by atoms with Gasteiger partial charge in [-0.25, -0.2) is 4.98 Å². The molecular weight excluding hydrogens is 362 g/mol. The van der Waals surface area contributed by atoms with Crippen molar-refractivity contribution in [2.75, 3.05) is 48.4 Å². The number of hydrogen-bond acceptors (Lipinski definition) is 6. The molecule has 0 aliphatic carbocycles. The second-order valence-corrected chi connectivity index (χ2v) is 7.05. The maximum atomic E-state index is 5.25. The summed E-state index contributed by atoms with van der Waals surface area (Å²) in [5.41, 5.74) is 3.55. The van der Waals surface area contributed by atoms with Gasteiger partial charge in [0, 0.05) is 43.8 Å². The lowest BCUT2D eigenvalue weighted by Crippen LogP contribution is -2.46. The molecule has 0 spiro atoms. The summed E-state index contributed by atoms with van der Waals surface area (Å²) in [5.74, 6) is 2.49. The number of anilines is 4. The SMILES string of the molecule is CCc1ccccc1Nc1nccc(N2CCN(c3ccc(OC)cc3)CC2)n1. The standard InChI is InChI=1S/C23H27N5O/c1-3-18-6-4-5-7-21(18)25-23-24-13-12-22(26-23)28-16-14-27(15-17-28)19-8-10-20(29-2)11-9-19/h4-13H,3,14-17H2,1-2H3,(H,24,25,26). The molecule has 1 aliphatic rings. The van der Waals surface area contributed by atoms with E-state index in [4.69, 9.17) is 9.72 Å². The summed E-state index contributed by atoms with van der Waals surface area (Å²) in [7, 11) is 1.69. The number of aromatic nitrogens is 2. The third kappa shape index (κ3) is 4.42. The van der Waals surface area contributed by atoms with Crippen LogP contribution in [0.4, 0.5) is 23.1 Å². The van der Waals surface area contributed by atoms with Crippen LogP contribution in [-0.2, 0) is 6.42 Å². The van der Waals surface area contributed by atoms with Crippen LogP contribution in [-0.4, -0.2) is 43.3 Å². The Bertz CT molecular complexity index is 936. The zero-order valence-corrected chi connectivity index (χ0v) is 17.0. The van der Waals surface area contributed by atoms with Crippen molar-refractivity contribution in [2.45, 2.75) is 13.3 Å². The number of para-hydroxylation sites is 1. The van der Waals surface area contributed by atoms with Gasteiger partial charge in [-0.3, -0.25) is 0 Å². The largest absolute Gasteiger partial charge is 0.497 e. The van der Waals surface area contributed by atoms with E-state index in [0.717, 1.165) is 49.9 Å². The van der Waals surface area contributed by atoms with Gasteiger partial charge in [0.2, 0.25) is 5.95 Å². The highest BCUT2D eigenvalue weighted by molar-refractivity contribution is 5.60. The number of benzene rings is 2. The first-order valence-electron chi connectivity index (χ1n) is 10.1. The second-order valence-electron chi connectivity index (χ2n) is 7.05. The van der Waals surface area contributed by atoms with E-state index in [0.29, 0.717) is 5.95 Å². The number of piperazine rings is 1. The topological polar surface area (TPSA) is 53.5 Å². The Morgan fingerprint density at radius 2 is 1.66 bits per heavy atom. The molecule has 1 saturated heterocycles. The second kappa shape index (κ2) is 8.82. The molecule has 150 valence electrons. The van der Waals surface area contributed by atoms with Crippen LogP contribution < -0.4 is 19.9 Å². The monoisotopic (exact) mass is 389 g/mol. The van der Waals surface area contributed by atoms with Crippen LogP contribution >= 0.6 is 0 Å². The fourth-order valence-electron chi connectivity index (χ4n) is 3.64. The summed E-state index contributed by atoms with van der Waals surface area (Å²) in [4.78, 5) is 13.9. The molecule has 0 saturated carbocycles. The highest BCUT2D eigenvalue weighted by Gasteiger charge is 2.19. The summed E-state index contributed by atoms with van der Waals surface area (Å²) >= 11 is 0. The van der Waals surface area contributed by atoms with E-state index in [1.54, 1.807) is 7.11 Å². The normalized spacial score (nSPS) is 14.0. The lowest BCUT2D eigenvalue weighted by Gasteiger charge is -2.36. The Morgan fingerprint density at radius 3 is 2.38 bits per heavy atom. The average Bonchev–Trinajstić information content (AvgIpc) is 2.80. The number of methoxy groups -OCH3 is 1. The van der Waals surface area contributed by atoms with Gasteiger partial charge >= 0.3 is 0 Å². The van der Waals surface area contributed by atoms with Gasteiger partial charge in [-0.05, 0) is 48.4 Å². The number of ether oxygens (including phenoxy) is 1. The van der Waals surface area contributed by atoms with Crippen LogP contribution in [0.1, 0.15) is 12.5 Å². The van der Waals surface area contributed by atoms with Gasteiger partial charge in [0.05, 0.1) is 7.11 Å². The van der Waals surface area contributed by atoms with Gasteiger partial charge in [0.25, 0.3) is 0 Å². The first-order chi connectivity index (χ1) is 14.3. The van der Waals surface area contributed by atoms with Crippen LogP contribution in [0.5, 0.6) is 5.75 Å². The molecule has 1 N–H and O–H groups in total. The van der Waals surface area contributed by atoms with Crippen LogP contribution in [0, 0.1) is 0 Å². The van der Waals surface area contributed by atoms with Crippen molar-refractivity contribution < 1.29 is 4.74 Å². The predicted octanol–water partition coefficient (Wildman–Crippen LogP) is 4.12. The van der Waals surface area contributed by atoms with E-state index in [9.17, 15) is 0 Å². The minimum Gasteiger partial charge on any atom is -0.497 e. The fourth-order valence-corrected chi connectivity index (χ4v) is 3.64. The molecule has 1 aromatic heterocycles. The molecule has 0 bridgehead atoms. The molecule has 3 aromatic rings. The van der Waals surface area contributed by atoms with Crippen molar-refractivity contribution in [3.05, 3.63) is 66.4 Å². The molecule has 4 rings (SSSR count). The van der Waals surface area contributed by atoms with Gasteiger partial charge < -0.3 is 19.9 Å². The Kier molecular flexibility index (Phi) is 5.79. The van der Waals surface area contributed by atoms with Crippen molar-refractivity contribution in [3.8, 4) is 5.75 Å². The Labute approximate surface area is 172 Å². The molecule has 6 nitrogen and oxygen atoms in total. The van der Waals surface area contributed by atoms with Crippen LogP contribution in [0.25, 0.3) is 0 Å². The van der Waals surface area contributed by atoms with Gasteiger partial charge in [-0.15, -0.1) is 0 Å². The number of nitrogens with one attached hydrogen (secondary N) is 1. The van der Waals surface area contributed by atoms with Crippen molar-refractivity contribution in [2.24, 2.45) is 0 Å². The summed E-state index contributed by atoms with van der Waals surface area (Å²) in [6.45, 7) is 5.91. The van der Waals surface area contributed by atoms with Gasteiger partial charge in [0.1, 0.15) is 11.6 Å². The molecule has 0 unspecified atom stereocenters. The van der Waals surface area contributed by atoms with Crippen LogP contribution in [0.15, 0.2) is 60.8 Å². The molecular formula is C23H27N5O. The van der Waals surface area contributed by atoms with E-state index < -0.39 is 0 Å². The summed E-state index contributed by atoms with van der Waals surface area (Å²) in [6.07, 6.45) is 2.80. The zero-order chi connectivity index (χ0) is 20.1. The first-order valence-corrected chi connectivity index (χ1v) is 10.1. The summed E-state index contributed by atoms with van der Waals surface area (Å²) < 4.78 is 5.25. The van der Waals surface area contributed by atoms with Gasteiger partial charge in [-0.2, -0.15) is 4.98 Å². The first kappa shape index (κ1) is 19.1. The van der Waals surface area contributed by atoms with E-state index in [2.05, 4.69) is 57.4 Å². The summed E-state index contributed by atoms with van der Waals surface area (Å²) in [6, 6.07) is 18.5. The number of hydrogen-bond donors (Lipinski definition) is 1. The molecule has 0 atom stereocenters. The van der Waals surface area contributed by atoms with Gasteiger partial charge in [0.15, 0.2) is 0 Å². The van der Waals surface area contributed by atoms with Crippen molar-refractivity contribution >= 4 is 23.1 Å². The average molecular weight is 390 g/mol. The molecule has 0 amide bonds. The molecule has 29 heavy (non-hydrogen) atoms. The lowest BCUT2D eigenvalue weighted by atomic mass is 10.1. The predicted molar refractivity (Wildman–Crippen MR) is 119 cm³/mol. The van der Waals surface area contributed by atoms with Crippen LogP contribution in [0.2, 0.25) is 0 Å². The fraction of sp³-hybridized carbons (Fsp3) is 0.304. The van der Waals surface area contributed by atoms with Gasteiger partial charge in [-0.1, -0.05) is 25.1 Å². The molecule has 0 radical (unpaired) electrons. The third-order valence-electron chi connectivity index (χ3n) is 5.33. The summed E-state index contributed by atoms with van der Waals surface area (Å²) in [5, 5.41) is 3.38. The molecule has 1 fully saturated rings. The number of nitrogens with zero attached hydrogens (tertiary/aromatic N) is 4. The Morgan fingerprint density at radius 1 is 0.931 bits per heavy atom. The van der Waals surface area contributed by atoms with Crippen molar-refractivity contribution in [1.29, 1.82) is 0 Å². The lowest BCUT2D eigenvalue weighted by molar-refractivity contribution is 0.415. The zero-order valence-electron chi connectivity index (χ0n) is 17.0. The smallest absolute Gasteiger partial charge is 0.229 e. The number of rotatable bonds is 6. The highest BCUT2D eigenvalue weighted by Crippen LogP contribution is 2.23. The van der Waals surface area contributed by atoms with E-state index in [1.807, 2.05) is 30.5 Å². The minimum absolute atomic E-state index is 0.640. The molecule has 2 aromatic carbocycles. The maximum Gasteiger partial charge on any atom is 0.229 e. The van der Waals surface area contributed by atoms with E-state index >= 15 is 0 Å². The Hall–Kier alpha value is -3.28. The maximum absolute atomic E-state index is 5.25. The van der Waals surface area contributed by atoms with Crippen molar-refractivity contribution in [3.63, 3.8) is 0 Å². The van der Waals surface area contributed by atoms with Crippen molar-refractivity contribution in [1.82, 2.24) is 9.97 Å². The molecule has 1 aliphatic heterocycles. The van der Waals surface area contributed by atoms with E-state index in [1.165, 1.54) is 11.3 Å². The van der Waals surface area contributed by atoms with Crippen LogP contribution in [0.3, 0.4) is 0 Å². The highest BCUT2D eigenvalue weighted by atomic mass is 16.5. The molecule has 6 heteroatoms. The van der Waals surface area contributed by atoms with E-state index in [-0.39, 0.29) is 0 Å². The minimum atomic E-state index is 0.640. The number of aryl methyl sites for hydroxylation is 1. The third-order valence-corrected chi connectivity index (χ3v) is 5.33. The molecule has 2 heterocycles.